The van der Waals surface area contributed by atoms with E-state index in [0.717, 1.165) is 0 Å². The zero-order valence-electron chi connectivity index (χ0n) is 6.89. The zero-order chi connectivity index (χ0) is 11.7. The molecule has 0 aromatic heterocycles. The smallest absolute Gasteiger partial charge is 0.863 e. The summed E-state index contributed by atoms with van der Waals surface area (Å²) in [5.41, 5.74) is 0. The molecule has 0 atom stereocenters. The van der Waals surface area contributed by atoms with Gasteiger partial charge in [0.15, 0.2) is 0 Å². The van der Waals surface area contributed by atoms with E-state index in [0.29, 0.717) is 0 Å². The number of hydrogen-bond donors (Lipinski definition) is 0. The molecule has 0 aromatic rings. The van der Waals surface area contributed by atoms with E-state index in [1.807, 2.05) is 0 Å². The molecule has 0 aromatic carbocycles. The first-order chi connectivity index (χ1) is 6.25. The topological polar surface area (TPSA) is 132 Å². The first-order valence-corrected chi connectivity index (χ1v) is 3.70. The summed E-state index contributed by atoms with van der Waals surface area (Å²) in [5.74, 6) is 0. The van der Waals surface area contributed by atoms with Gasteiger partial charge < -0.3 is 10.2 Å². The van der Waals surface area contributed by atoms with Gasteiger partial charge in [0.25, 0.3) is 0 Å². The molecular weight excluding hydrogens is 295 g/mol. The molecule has 0 fully saturated rings. The summed E-state index contributed by atoms with van der Waals surface area (Å²) >= 11 is 7.75. The second-order valence-corrected chi connectivity index (χ2v) is 2.64. The van der Waals surface area contributed by atoms with Crippen molar-refractivity contribution in [2.75, 3.05) is 13.1 Å². The Hall–Kier alpha value is -0.926. The van der Waals surface area contributed by atoms with Crippen molar-refractivity contribution in [1.29, 1.82) is 0 Å². The fourth-order valence-electron chi connectivity index (χ4n) is 0.211. The van der Waals surface area contributed by atoms with Crippen molar-refractivity contribution in [2.24, 2.45) is 0 Å². The molecule has 0 aliphatic carbocycles. The van der Waals surface area contributed by atoms with Crippen molar-refractivity contribution < 1.29 is 36.6 Å². The van der Waals surface area contributed by atoms with E-state index in [-0.39, 0.29) is 16.5 Å². The van der Waals surface area contributed by atoms with Gasteiger partial charge in [-0.05, 0) is 0 Å². The van der Waals surface area contributed by atoms with Crippen LogP contribution in [0.4, 0.5) is 0 Å². The minimum absolute atomic E-state index is 0. The Morgan fingerprint density at radius 3 is 1.13 bits per heavy atom. The molecule has 0 aliphatic rings. The van der Waals surface area contributed by atoms with Crippen LogP contribution in [0.1, 0.15) is 0 Å². The van der Waals surface area contributed by atoms with Gasteiger partial charge in [-0.3, -0.25) is 20.2 Å². The predicted molar refractivity (Wildman–Crippen MR) is 48.9 cm³/mol. The summed E-state index contributed by atoms with van der Waals surface area (Å²) in [6.07, 6.45) is 0. The summed E-state index contributed by atoms with van der Waals surface area (Å²) < 4.78 is 0. The summed E-state index contributed by atoms with van der Waals surface area (Å²) in [5, 5.41) is 36.3. The second kappa shape index (κ2) is 11.1. The van der Waals surface area contributed by atoms with Crippen LogP contribution in [0.5, 0.6) is 0 Å². The molecule has 0 saturated heterocycles. The first-order valence-electron chi connectivity index (χ1n) is 2.89. The molecule has 0 bridgehead atoms. The van der Waals surface area contributed by atoms with Crippen molar-refractivity contribution in [3.63, 3.8) is 0 Å². The molecule has 0 spiro atoms. The van der Waals surface area contributed by atoms with Crippen molar-refractivity contribution >= 4 is 34.5 Å². The quantitative estimate of drug-likeness (QED) is 0.249. The van der Waals surface area contributed by atoms with Gasteiger partial charge in [0.05, 0.1) is 0 Å². The SMILES string of the molecule is O=[N+]([O-])CC([O-])=S.O=[N+]([O-])CC([O-])=S.[Ni+2]. The monoisotopic (exact) mass is 298 g/mol. The Morgan fingerprint density at radius 2 is 1.13 bits per heavy atom. The van der Waals surface area contributed by atoms with E-state index in [4.69, 9.17) is 0 Å². The minimum Gasteiger partial charge on any atom is -0.863 e. The van der Waals surface area contributed by atoms with Gasteiger partial charge >= 0.3 is 16.5 Å². The van der Waals surface area contributed by atoms with Gasteiger partial charge in [0, 0.05) is 19.9 Å². The molecule has 15 heavy (non-hydrogen) atoms. The average molecular weight is 299 g/mol. The summed E-state index contributed by atoms with van der Waals surface area (Å²) in [4.78, 5) is 17.1. The Bertz CT molecular complexity index is 210. The second-order valence-electron chi connectivity index (χ2n) is 1.73. The number of hydrogen-bond acceptors (Lipinski definition) is 8. The van der Waals surface area contributed by atoms with Crippen molar-refractivity contribution in [3.05, 3.63) is 20.2 Å². The van der Waals surface area contributed by atoms with Crippen LogP contribution >= 0.6 is 24.4 Å². The predicted octanol–water partition coefficient (Wildman–Crippen LogP) is -2.10. The van der Waals surface area contributed by atoms with Crippen LogP contribution in [0, 0.1) is 20.2 Å². The fraction of sp³-hybridized carbons (Fsp3) is 0.500. The van der Waals surface area contributed by atoms with Crippen LogP contribution in [0.25, 0.3) is 0 Å². The third-order valence-corrected chi connectivity index (χ3v) is 0.775. The Labute approximate surface area is 104 Å². The third-order valence-electron chi connectivity index (χ3n) is 0.516. The molecule has 0 radical (unpaired) electrons. The standard InChI is InChI=1S/2C2H3NO3S.Ni/c2*4-2(7)1-3(5)6;/h2*1H2,(H,4,7);/q;;+2/p-2. The van der Waals surface area contributed by atoms with Gasteiger partial charge in [-0.2, -0.15) is 0 Å². The third kappa shape index (κ3) is 32.0. The molecular formula is C4H4N2NiO6S2. The van der Waals surface area contributed by atoms with Crippen LogP contribution in [-0.2, 0) is 16.5 Å². The molecule has 0 N–H and O–H groups in total. The maximum atomic E-state index is 9.63. The van der Waals surface area contributed by atoms with E-state index < -0.39 is 33.0 Å². The minimum atomic E-state index is -0.829. The van der Waals surface area contributed by atoms with Crippen LogP contribution < -0.4 is 10.2 Å². The van der Waals surface area contributed by atoms with Crippen LogP contribution in [0.15, 0.2) is 0 Å². The van der Waals surface area contributed by atoms with Crippen molar-refractivity contribution in [2.45, 2.75) is 0 Å². The number of thiocarbonyl (C=S) groups is 2. The maximum Gasteiger partial charge on any atom is 2.00 e. The normalized spacial score (nSPS) is 7.47. The molecule has 0 aliphatic heterocycles. The Balaban J connectivity index is -0.000000180. The van der Waals surface area contributed by atoms with E-state index in [1.54, 1.807) is 0 Å². The molecule has 0 rings (SSSR count). The van der Waals surface area contributed by atoms with Gasteiger partial charge in [0.1, 0.15) is 0 Å². The van der Waals surface area contributed by atoms with E-state index in [1.165, 1.54) is 0 Å². The van der Waals surface area contributed by atoms with Gasteiger partial charge in [-0.25, -0.2) is 0 Å². The van der Waals surface area contributed by atoms with Gasteiger partial charge in [-0.1, -0.05) is 24.4 Å². The largest absolute Gasteiger partial charge is 2.00 e. The number of nitrogens with zero attached hydrogens (tertiary/aromatic N) is 2. The summed E-state index contributed by atoms with van der Waals surface area (Å²) in [7, 11) is 0. The molecule has 88 valence electrons. The zero-order valence-corrected chi connectivity index (χ0v) is 9.51. The van der Waals surface area contributed by atoms with E-state index in [9.17, 15) is 30.4 Å². The molecule has 0 unspecified atom stereocenters. The Kier molecular flexibility index (Phi) is 14.6. The fourth-order valence-corrected chi connectivity index (χ4v) is 0.422. The van der Waals surface area contributed by atoms with Crippen LogP contribution in [0.2, 0.25) is 0 Å². The maximum absolute atomic E-state index is 9.63. The molecule has 0 saturated carbocycles. The van der Waals surface area contributed by atoms with Crippen LogP contribution in [0.3, 0.4) is 0 Å². The molecule has 11 heteroatoms. The van der Waals surface area contributed by atoms with E-state index >= 15 is 0 Å². The number of rotatable bonds is 4. The van der Waals surface area contributed by atoms with E-state index in [2.05, 4.69) is 24.4 Å². The van der Waals surface area contributed by atoms with Crippen molar-refractivity contribution in [3.8, 4) is 0 Å². The van der Waals surface area contributed by atoms with Crippen LogP contribution in [-0.4, -0.2) is 33.0 Å². The average Bonchev–Trinajstić information content (AvgIpc) is 1.79. The molecule has 0 amide bonds. The molecule has 8 nitrogen and oxygen atoms in total. The first kappa shape index (κ1) is 19.6. The van der Waals surface area contributed by atoms with Crippen molar-refractivity contribution in [1.82, 2.24) is 0 Å². The Morgan fingerprint density at radius 1 is 0.933 bits per heavy atom. The van der Waals surface area contributed by atoms with Gasteiger partial charge in [0.2, 0.25) is 13.1 Å². The molecule has 0 heterocycles. The summed E-state index contributed by atoms with van der Waals surface area (Å²) in [6.45, 7) is -1.48. The summed E-state index contributed by atoms with van der Waals surface area (Å²) in [6, 6.07) is 0. The van der Waals surface area contributed by atoms with Gasteiger partial charge in [-0.15, -0.1) is 0 Å². The number of nitro groups is 2.